The van der Waals surface area contributed by atoms with Crippen LogP contribution in [-0.2, 0) is 11.3 Å². The van der Waals surface area contributed by atoms with E-state index in [1.54, 1.807) is 11.0 Å². The van der Waals surface area contributed by atoms with E-state index in [0.29, 0.717) is 37.6 Å². The highest BCUT2D eigenvalue weighted by Gasteiger charge is 2.38. The molecule has 7 heteroatoms. The lowest BCUT2D eigenvalue weighted by Gasteiger charge is -2.24. The monoisotopic (exact) mass is 486 g/mol. The number of nitrogens with one attached hydrogen (secondary N) is 1. The van der Waals surface area contributed by atoms with Gasteiger partial charge in [0.25, 0.3) is 5.91 Å². The Morgan fingerprint density at radius 1 is 1.16 bits per heavy atom. The molecule has 2 aromatic rings. The molecule has 1 fully saturated rings. The fourth-order valence-corrected chi connectivity index (χ4v) is 4.35. The van der Waals surface area contributed by atoms with E-state index in [0.717, 1.165) is 15.6 Å². The highest BCUT2D eigenvalue weighted by atomic mass is 79.9. The Hall–Kier alpha value is -2.54. The number of benzene rings is 2. The summed E-state index contributed by atoms with van der Waals surface area (Å²) in [5, 5.41) is 2.82. The van der Waals surface area contributed by atoms with Crippen LogP contribution in [0.3, 0.4) is 0 Å². The number of carbonyl (C=O) groups excluding carboxylic acids is 2. The minimum Gasteiger partial charge on any atom is -0.493 e. The van der Waals surface area contributed by atoms with Crippen molar-refractivity contribution in [1.29, 1.82) is 0 Å². The fraction of sp³-hybridized carbons (Fsp3) is 0.417. The second-order valence-corrected chi connectivity index (χ2v) is 10.0. The zero-order valence-corrected chi connectivity index (χ0v) is 19.6. The van der Waals surface area contributed by atoms with E-state index < -0.39 is 5.60 Å². The third-order valence-electron chi connectivity index (χ3n) is 5.62. The summed E-state index contributed by atoms with van der Waals surface area (Å²) in [7, 11) is 0. The van der Waals surface area contributed by atoms with E-state index in [-0.39, 0.29) is 23.8 Å². The lowest BCUT2D eigenvalue weighted by atomic mass is 9.89. The zero-order valence-electron chi connectivity index (χ0n) is 18.0. The molecule has 0 aromatic heterocycles. The maximum absolute atomic E-state index is 12.7. The molecule has 2 aliphatic heterocycles. The van der Waals surface area contributed by atoms with E-state index in [1.165, 1.54) is 0 Å². The normalized spacial score (nSPS) is 20.4. The number of carbonyl (C=O) groups is 2. The van der Waals surface area contributed by atoms with E-state index in [4.69, 9.17) is 9.47 Å². The van der Waals surface area contributed by atoms with Gasteiger partial charge in [0.15, 0.2) is 0 Å². The average Bonchev–Trinajstić information content (AvgIpc) is 3.30. The Morgan fingerprint density at radius 3 is 2.61 bits per heavy atom. The van der Waals surface area contributed by atoms with Gasteiger partial charge in [0.1, 0.15) is 11.4 Å². The van der Waals surface area contributed by atoms with Gasteiger partial charge in [-0.25, -0.2) is 4.79 Å². The third-order valence-corrected chi connectivity index (χ3v) is 6.15. The summed E-state index contributed by atoms with van der Waals surface area (Å²) in [6.07, 6.45) is -0.300. The molecule has 6 nitrogen and oxygen atoms in total. The van der Waals surface area contributed by atoms with E-state index in [9.17, 15) is 9.59 Å². The molecule has 2 aromatic carbocycles. The van der Waals surface area contributed by atoms with E-state index in [1.807, 2.05) is 45.0 Å². The Balaban J connectivity index is 1.50. The van der Waals surface area contributed by atoms with Crippen LogP contribution in [0.4, 0.5) is 4.79 Å². The molecule has 0 spiro atoms. The topological polar surface area (TPSA) is 67.9 Å². The summed E-state index contributed by atoms with van der Waals surface area (Å²) in [6.45, 7) is 7.76. The van der Waals surface area contributed by atoms with Crippen molar-refractivity contribution in [2.24, 2.45) is 5.92 Å². The number of nitrogens with zero attached hydrogens (tertiary/aromatic N) is 1. The van der Waals surface area contributed by atoms with Crippen molar-refractivity contribution < 1.29 is 19.1 Å². The van der Waals surface area contributed by atoms with Gasteiger partial charge in [0.2, 0.25) is 0 Å². The summed E-state index contributed by atoms with van der Waals surface area (Å²) >= 11 is 3.49. The summed E-state index contributed by atoms with van der Waals surface area (Å²) in [5.41, 5.74) is 2.28. The Bertz CT molecular complexity index is 984. The molecule has 4 rings (SSSR count). The van der Waals surface area contributed by atoms with Gasteiger partial charge in [-0.15, -0.1) is 0 Å². The molecule has 1 N–H and O–H groups in total. The largest absolute Gasteiger partial charge is 0.493 e. The van der Waals surface area contributed by atoms with Crippen LogP contribution in [0.1, 0.15) is 48.2 Å². The maximum Gasteiger partial charge on any atom is 0.410 e. The molecule has 2 aliphatic rings. The predicted octanol–water partition coefficient (Wildman–Crippen LogP) is 4.72. The molecule has 2 atom stereocenters. The third kappa shape index (κ3) is 5.03. The quantitative estimate of drug-likeness (QED) is 0.678. The molecule has 164 valence electrons. The van der Waals surface area contributed by atoms with Gasteiger partial charge in [-0.2, -0.15) is 0 Å². The molecule has 0 radical (unpaired) electrons. The first-order chi connectivity index (χ1) is 14.7. The van der Waals surface area contributed by atoms with Gasteiger partial charge in [-0.3, -0.25) is 4.79 Å². The van der Waals surface area contributed by atoms with Gasteiger partial charge in [-0.1, -0.05) is 34.1 Å². The highest BCUT2D eigenvalue weighted by Crippen LogP contribution is 2.35. The fourth-order valence-electron chi connectivity index (χ4n) is 4.09. The second kappa shape index (κ2) is 8.54. The molecular weight excluding hydrogens is 460 g/mol. The number of amides is 2. The van der Waals surface area contributed by atoms with Gasteiger partial charge in [0, 0.05) is 41.5 Å². The van der Waals surface area contributed by atoms with Gasteiger partial charge in [0.05, 0.1) is 6.61 Å². The summed E-state index contributed by atoms with van der Waals surface area (Å²) in [6, 6.07) is 13.8. The lowest BCUT2D eigenvalue weighted by molar-refractivity contribution is 0.0283. The first kappa shape index (κ1) is 21.7. The van der Waals surface area contributed by atoms with Gasteiger partial charge < -0.3 is 19.7 Å². The van der Waals surface area contributed by atoms with E-state index >= 15 is 0 Å². The summed E-state index contributed by atoms with van der Waals surface area (Å²) < 4.78 is 12.7. The van der Waals surface area contributed by atoms with Crippen LogP contribution in [-0.4, -0.2) is 42.2 Å². The molecule has 0 bridgehead atoms. The van der Waals surface area contributed by atoms with Gasteiger partial charge in [-0.05, 0) is 56.2 Å². The summed E-state index contributed by atoms with van der Waals surface area (Å²) in [4.78, 5) is 26.4. The number of likely N-dealkylation sites (tertiary alicyclic amines) is 1. The first-order valence-corrected chi connectivity index (χ1v) is 11.3. The smallest absolute Gasteiger partial charge is 0.410 e. The molecule has 31 heavy (non-hydrogen) atoms. The summed E-state index contributed by atoms with van der Waals surface area (Å²) in [5.74, 6) is 0.848. The Morgan fingerprint density at radius 2 is 1.90 bits per heavy atom. The van der Waals surface area contributed by atoms with Crippen molar-refractivity contribution in [2.45, 2.75) is 38.8 Å². The SMILES string of the molecule is CC(C)(C)OC(=O)N1C[C@@H](COc2ccc3c(c2)C(=O)NC3)[C@H](c2ccc(Br)cc2)C1. The number of hydrogen-bond donors (Lipinski definition) is 1. The Kier molecular flexibility index (Phi) is 5.97. The van der Waals surface area contributed by atoms with Crippen molar-refractivity contribution in [1.82, 2.24) is 10.2 Å². The molecular formula is C24H27BrN2O4. The van der Waals surface area contributed by atoms with Crippen LogP contribution < -0.4 is 10.1 Å². The first-order valence-electron chi connectivity index (χ1n) is 10.5. The van der Waals surface area contributed by atoms with Crippen molar-refractivity contribution in [3.63, 3.8) is 0 Å². The average molecular weight is 487 g/mol. The van der Waals surface area contributed by atoms with Crippen molar-refractivity contribution in [3.8, 4) is 5.75 Å². The minimum absolute atomic E-state index is 0.0647. The van der Waals surface area contributed by atoms with Gasteiger partial charge >= 0.3 is 6.09 Å². The Labute approximate surface area is 191 Å². The molecule has 0 saturated carbocycles. The zero-order chi connectivity index (χ0) is 22.2. The molecule has 1 saturated heterocycles. The predicted molar refractivity (Wildman–Crippen MR) is 121 cm³/mol. The number of hydrogen-bond acceptors (Lipinski definition) is 4. The maximum atomic E-state index is 12.7. The molecule has 2 amide bonds. The second-order valence-electron chi connectivity index (χ2n) is 9.12. The van der Waals surface area contributed by atoms with Crippen LogP contribution >= 0.6 is 15.9 Å². The van der Waals surface area contributed by atoms with Crippen LogP contribution in [0, 0.1) is 5.92 Å². The lowest BCUT2D eigenvalue weighted by Crippen LogP contribution is -2.35. The molecule has 0 aliphatic carbocycles. The van der Waals surface area contributed by atoms with Crippen molar-refractivity contribution in [2.75, 3.05) is 19.7 Å². The molecule has 0 unspecified atom stereocenters. The number of halogens is 1. The van der Waals surface area contributed by atoms with Crippen LogP contribution in [0.15, 0.2) is 46.9 Å². The van der Waals surface area contributed by atoms with Crippen molar-refractivity contribution in [3.05, 3.63) is 63.6 Å². The standard InChI is InChI=1S/C24H27BrN2O4/c1-24(2,3)31-23(29)27-12-17(21(13-27)15-4-7-18(25)8-5-15)14-30-19-9-6-16-11-26-22(28)20(16)10-19/h4-10,17,21H,11-14H2,1-3H3,(H,26,28)/t17-,21-/m0/s1. The van der Waals surface area contributed by atoms with Crippen molar-refractivity contribution >= 4 is 27.9 Å². The number of fused-ring (bicyclic) bond motifs is 1. The highest BCUT2D eigenvalue weighted by molar-refractivity contribution is 9.10. The van der Waals surface area contributed by atoms with Crippen LogP contribution in [0.2, 0.25) is 0 Å². The van der Waals surface area contributed by atoms with Crippen LogP contribution in [0.5, 0.6) is 5.75 Å². The number of rotatable bonds is 4. The number of ether oxygens (including phenoxy) is 2. The van der Waals surface area contributed by atoms with E-state index in [2.05, 4.69) is 33.4 Å². The van der Waals surface area contributed by atoms with Crippen LogP contribution in [0.25, 0.3) is 0 Å². The minimum atomic E-state index is -0.538. The molecule has 2 heterocycles.